The summed E-state index contributed by atoms with van der Waals surface area (Å²) in [5.74, 6) is -0.167. The molecule has 2 aromatic rings. The summed E-state index contributed by atoms with van der Waals surface area (Å²) in [5, 5.41) is 5.61. The van der Waals surface area contributed by atoms with E-state index < -0.39 is 12.1 Å². The van der Waals surface area contributed by atoms with Gasteiger partial charge in [0.2, 0.25) is 0 Å². The Morgan fingerprint density at radius 1 is 1.21 bits per heavy atom. The van der Waals surface area contributed by atoms with E-state index in [1.807, 2.05) is 20.8 Å². The first-order chi connectivity index (χ1) is 13.3. The molecule has 28 heavy (non-hydrogen) atoms. The largest absolute Gasteiger partial charge is 0.483 e. The van der Waals surface area contributed by atoms with E-state index in [0.29, 0.717) is 27.0 Å². The van der Waals surface area contributed by atoms with Crippen molar-refractivity contribution in [2.75, 3.05) is 11.9 Å². The smallest absolute Gasteiger partial charge is 0.276 e. The van der Waals surface area contributed by atoms with Gasteiger partial charge in [0, 0.05) is 15.7 Å². The summed E-state index contributed by atoms with van der Waals surface area (Å²) in [5.41, 5.74) is 4.56. The SMILES string of the molecule is Cc1cc(Cl)ccc1OCC(=O)NN1C(=O)c2cc(Cl)ccc2NC1C(C)C. The van der Waals surface area contributed by atoms with Gasteiger partial charge in [-0.15, -0.1) is 0 Å². The van der Waals surface area contributed by atoms with Crippen LogP contribution in [0.4, 0.5) is 5.69 Å². The number of aryl methyl sites for hydroxylation is 1. The lowest BCUT2D eigenvalue weighted by atomic mass is 10.0. The van der Waals surface area contributed by atoms with Crippen LogP contribution in [0.15, 0.2) is 36.4 Å². The Kier molecular flexibility index (Phi) is 6.01. The molecule has 0 bridgehead atoms. The zero-order valence-electron chi connectivity index (χ0n) is 15.8. The monoisotopic (exact) mass is 421 g/mol. The van der Waals surface area contributed by atoms with Crippen molar-refractivity contribution in [3.05, 3.63) is 57.6 Å². The van der Waals surface area contributed by atoms with E-state index >= 15 is 0 Å². The number of nitrogens with zero attached hydrogens (tertiary/aromatic N) is 1. The fraction of sp³-hybridized carbons (Fsp3) is 0.300. The first kappa shape index (κ1) is 20.3. The molecule has 1 unspecified atom stereocenters. The first-order valence-electron chi connectivity index (χ1n) is 8.84. The summed E-state index contributed by atoms with van der Waals surface area (Å²) < 4.78 is 5.56. The third kappa shape index (κ3) is 4.34. The van der Waals surface area contributed by atoms with E-state index in [0.717, 1.165) is 5.56 Å². The molecule has 148 valence electrons. The Morgan fingerprint density at radius 2 is 1.89 bits per heavy atom. The van der Waals surface area contributed by atoms with Crippen molar-refractivity contribution in [3.63, 3.8) is 0 Å². The lowest BCUT2D eigenvalue weighted by Gasteiger charge is -2.39. The van der Waals surface area contributed by atoms with Crippen LogP contribution in [0, 0.1) is 12.8 Å². The van der Waals surface area contributed by atoms with Crippen molar-refractivity contribution < 1.29 is 14.3 Å². The third-order valence-corrected chi connectivity index (χ3v) is 4.85. The molecular weight excluding hydrogens is 401 g/mol. The fourth-order valence-corrected chi connectivity index (χ4v) is 3.37. The summed E-state index contributed by atoms with van der Waals surface area (Å²) >= 11 is 11.9. The van der Waals surface area contributed by atoms with Gasteiger partial charge in [-0.3, -0.25) is 15.0 Å². The fourth-order valence-electron chi connectivity index (χ4n) is 2.97. The Hall–Kier alpha value is -2.44. The van der Waals surface area contributed by atoms with Crippen LogP contribution in [0.3, 0.4) is 0 Å². The first-order valence-corrected chi connectivity index (χ1v) is 9.60. The zero-order valence-corrected chi connectivity index (χ0v) is 17.3. The van der Waals surface area contributed by atoms with Gasteiger partial charge in [-0.1, -0.05) is 37.0 Å². The molecular formula is C20H21Cl2N3O3. The molecule has 1 heterocycles. The highest BCUT2D eigenvalue weighted by Gasteiger charge is 2.35. The van der Waals surface area contributed by atoms with Gasteiger partial charge >= 0.3 is 0 Å². The second kappa shape index (κ2) is 8.29. The number of fused-ring (bicyclic) bond motifs is 1. The molecule has 1 atom stereocenters. The van der Waals surface area contributed by atoms with Crippen LogP contribution in [0.25, 0.3) is 0 Å². The van der Waals surface area contributed by atoms with E-state index in [9.17, 15) is 9.59 Å². The van der Waals surface area contributed by atoms with Crippen LogP contribution in [-0.2, 0) is 4.79 Å². The highest BCUT2D eigenvalue weighted by Crippen LogP contribution is 2.29. The number of carbonyl (C=O) groups is 2. The molecule has 1 aliphatic heterocycles. The lowest BCUT2D eigenvalue weighted by molar-refractivity contribution is -0.128. The van der Waals surface area contributed by atoms with Crippen LogP contribution < -0.4 is 15.5 Å². The molecule has 1 aliphatic rings. The van der Waals surface area contributed by atoms with Gasteiger partial charge < -0.3 is 10.1 Å². The van der Waals surface area contributed by atoms with Crippen molar-refractivity contribution in [2.45, 2.75) is 26.9 Å². The van der Waals surface area contributed by atoms with Gasteiger partial charge in [-0.2, -0.15) is 0 Å². The normalized spacial score (nSPS) is 15.9. The van der Waals surface area contributed by atoms with Crippen LogP contribution >= 0.6 is 23.2 Å². The number of rotatable bonds is 5. The van der Waals surface area contributed by atoms with E-state index in [1.165, 1.54) is 5.01 Å². The summed E-state index contributed by atoms with van der Waals surface area (Å²) in [6, 6.07) is 10.2. The quantitative estimate of drug-likeness (QED) is 0.756. The van der Waals surface area contributed by atoms with Crippen molar-refractivity contribution in [1.82, 2.24) is 10.4 Å². The number of benzene rings is 2. The number of carbonyl (C=O) groups excluding carboxylic acids is 2. The molecule has 0 saturated carbocycles. The van der Waals surface area contributed by atoms with Crippen molar-refractivity contribution in [3.8, 4) is 5.75 Å². The number of hydrogen-bond donors (Lipinski definition) is 2. The average Bonchev–Trinajstić information content (AvgIpc) is 2.63. The maximum absolute atomic E-state index is 12.9. The number of hydrazine groups is 1. The topological polar surface area (TPSA) is 70.7 Å². The summed E-state index contributed by atoms with van der Waals surface area (Å²) in [4.78, 5) is 25.4. The number of anilines is 1. The lowest BCUT2D eigenvalue weighted by Crippen LogP contribution is -2.59. The number of nitrogens with one attached hydrogen (secondary N) is 2. The van der Waals surface area contributed by atoms with Crippen LogP contribution in [-0.4, -0.2) is 29.6 Å². The van der Waals surface area contributed by atoms with Crippen LogP contribution in [0.2, 0.25) is 10.0 Å². The minimum atomic E-state index is -0.444. The second-order valence-corrected chi connectivity index (χ2v) is 7.80. The molecule has 0 aromatic heterocycles. The molecule has 3 rings (SSSR count). The van der Waals surface area contributed by atoms with Crippen LogP contribution in [0.1, 0.15) is 29.8 Å². The second-order valence-electron chi connectivity index (χ2n) is 6.93. The van der Waals surface area contributed by atoms with Gasteiger partial charge in [0.25, 0.3) is 11.8 Å². The molecule has 0 spiro atoms. The number of hydrogen-bond acceptors (Lipinski definition) is 4. The maximum Gasteiger partial charge on any atom is 0.276 e. The standard InChI is InChI=1S/C20H21Cl2N3O3/c1-11(2)19-23-16-6-4-14(22)9-15(16)20(27)25(19)24-18(26)10-28-17-7-5-13(21)8-12(17)3/h4-9,11,19,23H,10H2,1-3H3,(H,24,26). The van der Waals surface area contributed by atoms with E-state index in [2.05, 4.69) is 10.7 Å². The Balaban J connectivity index is 1.73. The van der Waals surface area contributed by atoms with Crippen molar-refractivity contribution in [1.29, 1.82) is 0 Å². The number of ether oxygens (including phenoxy) is 1. The predicted octanol–water partition coefficient (Wildman–Crippen LogP) is 4.26. The van der Waals surface area contributed by atoms with Crippen molar-refractivity contribution >= 4 is 40.7 Å². The molecule has 0 fully saturated rings. The van der Waals surface area contributed by atoms with Gasteiger partial charge in [0.05, 0.1) is 5.56 Å². The van der Waals surface area contributed by atoms with E-state index in [4.69, 9.17) is 27.9 Å². The van der Waals surface area contributed by atoms with E-state index in [1.54, 1.807) is 36.4 Å². The molecule has 0 radical (unpaired) electrons. The molecule has 0 aliphatic carbocycles. The Labute approximate surface area is 173 Å². The van der Waals surface area contributed by atoms with Gasteiger partial charge in [0.1, 0.15) is 11.9 Å². The van der Waals surface area contributed by atoms with Crippen molar-refractivity contribution in [2.24, 2.45) is 5.92 Å². The number of halogens is 2. The highest BCUT2D eigenvalue weighted by molar-refractivity contribution is 6.31. The molecule has 2 amide bonds. The number of amides is 2. The Morgan fingerprint density at radius 3 is 2.57 bits per heavy atom. The molecule has 2 N–H and O–H groups in total. The van der Waals surface area contributed by atoms with Crippen LogP contribution in [0.5, 0.6) is 5.75 Å². The summed E-state index contributed by atoms with van der Waals surface area (Å²) in [6.45, 7) is 5.52. The highest BCUT2D eigenvalue weighted by atomic mass is 35.5. The van der Waals surface area contributed by atoms with E-state index in [-0.39, 0.29) is 18.4 Å². The summed E-state index contributed by atoms with van der Waals surface area (Å²) in [7, 11) is 0. The maximum atomic E-state index is 12.9. The van der Waals surface area contributed by atoms with Gasteiger partial charge in [-0.05, 0) is 54.8 Å². The Bertz CT molecular complexity index is 918. The average molecular weight is 422 g/mol. The molecule has 6 nitrogen and oxygen atoms in total. The molecule has 8 heteroatoms. The third-order valence-electron chi connectivity index (χ3n) is 4.38. The van der Waals surface area contributed by atoms with Gasteiger partial charge in [-0.25, -0.2) is 5.01 Å². The zero-order chi connectivity index (χ0) is 20.4. The summed E-state index contributed by atoms with van der Waals surface area (Å²) in [6.07, 6.45) is -0.401. The minimum absolute atomic E-state index is 0.0486. The molecule has 2 aromatic carbocycles. The predicted molar refractivity (Wildman–Crippen MR) is 110 cm³/mol. The molecule has 0 saturated heterocycles. The minimum Gasteiger partial charge on any atom is -0.483 e. The van der Waals surface area contributed by atoms with Gasteiger partial charge in [0.15, 0.2) is 6.61 Å².